The molecule has 1 N–H and O–H groups in total. The van der Waals surface area contributed by atoms with E-state index in [1.54, 1.807) is 0 Å². The lowest BCUT2D eigenvalue weighted by Gasteiger charge is -2.43. The van der Waals surface area contributed by atoms with Gasteiger partial charge in [-0.1, -0.05) is 0 Å². The number of carbonyl (C=O) groups excluding carboxylic acids is 4. The second-order valence-corrected chi connectivity index (χ2v) is 8.28. The van der Waals surface area contributed by atoms with E-state index >= 15 is 13.2 Å². The van der Waals surface area contributed by atoms with Crippen molar-refractivity contribution in [2.75, 3.05) is 30.9 Å². The molecule has 0 saturated carbocycles. The Morgan fingerprint density at radius 1 is 0.906 bits per heavy atom. The first-order valence-electron chi connectivity index (χ1n) is 13.5. The van der Waals surface area contributed by atoms with Crippen LogP contribution in [0.25, 0.3) is 0 Å². The van der Waals surface area contributed by atoms with Crippen LogP contribution in [-0.2, 0) is 9.59 Å². The number of rotatable bonds is 2. The molecule has 1 aromatic carbocycles. The van der Waals surface area contributed by atoms with Gasteiger partial charge in [0.1, 0.15) is 11.7 Å². The third kappa shape index (κ3) is 3.35. The zero-order valence-electron chi connectivity index (χ0n) is 25.1. The molecule has 4 rings (SSSR count). The van der Waals surface area contributed by atoms with Crippen LogP contribution in [0.15, 0.2) is 0 Å². The Labute approximate surface area is 193 Å². The molecule has 2 fully saturated rings. The summed E-state index contributed by atoms with van der Waals surface area (Å²) in [5.41, 5.74) is -6.55. The first kappa shape index (κ1) is 14.2. The molecule has 2 saturated heterocycles. The van der Waals surface area contributed by atoms with Crippen molar-refractivity contribution in [2.45, 2.75) is 45.2 Å². The second kappa shape index (κ2) is 7.58. The van der Waals surface area contributed by atoms with E-state index in [1.165, 1.54) is 20.8 Å². The molecule has 3 aliphatic heterocycles. The zero-order valence-corrected chi connectivity index (χ0v) is 17.1. The Bertz CT molecular complexity index is 1360. The maximum absolute atomic E-state index is 16.0. The van der Waals surface area contributed by atoms with Crippen molar-refractivity contribution in [3.63, 3.8) is 0 Å². The molecule has 3 heterocycles. The molecule has 32 heavy (non-hydrogen) atoms. The second-order valence-electron chi connectivity index (χ2n) is 8.28. The number of halogens is 3. The van der Waals surface area contributed by atoms with Gasteiger partial charge in [0, 0.05) is 43.4 Å². The van der Waals surface area contributed by atoms with Crippen LogP contribution in [-0.4, -0.2) is 71.0 Å². The quantitative estimate of drug-likeness (QED) is 0.531. The van der Waals surface area contributed by atoms with Crippen LogP contribution in [0.2, 0.25) is 0 Å². The van der Waals surface area contributed by atoms with Crippen LogP contribution in [0.1, 0.15) is 65.3 Å². The number of nitrogens with one attached hydrogen (secondary N) is 1. The minimum Gasteiger partial charge on any atom is -0.364 e. The Morgan fingerprint density at radius 2 is 1.47 bits per heavy atom. The van der Waals surface area contributed by atoms with E-state index in [2.05, 4.69) is 0 Å². The molecule has 3 aliphatic rings. The van der Waals surface area contributed by atoms with Crippen LogP contribution in [0.5, 0.6) is 0 Å². The summed E-state index contributed by atoms with van der Waals surface area (Å²) in [6.07, 6.45) is -0.772. The molecule has 0 aromatic heterocycles. The molecule has 1 aromatic rings. The van der Waals surface area contributed by atoms with Crippen molar-refractivity contribution in [3.8, 4) is 0 Å². The SMILES string of the molecule is [2H]C1([2H])N(c2c(F)c(F)c3c(c2F)C(=O)N([C@@H]2CCC(=O)NC2=O)C3=O)C([2H])([2H])C([2H])([2H])N(C(C)(C)C)C1([2H])[2H]. The molecule has 0 unspecified atom stereocenters. The molecular formula is C21H23F3N4O4. The van der Waals surface area contributed by atoms with Crippen LogP contribution in [0.4, 0.5) is 18.9 Å². The Kier molecular flexibility index (Phi) is 3.37. The Morgan fingerprint density at radius 3 is 2.00 bits per heavy atom. The summed E-state index contributed by atoms with van der Waals surface area (Å²) in [6, 6.07) is -1.72. The molecule has 0 spiro atoms. The van der Waals surface area contributed by atoms with Gasteiger partial charge in [-0.2, -0.15) is 0 Å². The van der Waals surface area contributed by atoms with Gasteiger partial charge in [0.2, 0.25) is 11.8 Å². The van der Waals surface area contributed by atoms with E-state index in [0.717, 1.165) is 0 Å². The van der Waals surface area contributed by atoms with Gasteiger partial charge in [-0.15, -0.1) is 0 Å². The first-order valence-corrected chi connectivity index (χ1v) is 9.48. The van der Waals surface area contributed by atoms with Crippen LogP contribution in [0.3, 0.4) is 0 Å². The third-order valence-electron chi connectivity index (χ3n) is 5.13. The zero-order chi connectivity index (χ0) is 30.7. The van der Waals surface area contributed by atoms with Gasteiger partial charge in [0.25, 0.3) is 11.8 Å². The summed E-state index contributed by atoms with van der Waals surface area (Å²) in [5, 5.41) is 1.85. The number of nitrogens with zero attached hydrogens (tertiary/aromatic N) is 3. The molecule has 8 nitrogen and oxygen atoms in total. The normalized spacial score (nSPS) is 32.5. The van der Waals surface area contributed by atoms with Crippen molar-refractivity contribution in [3.05, 3.63) is 28.6 Å². The first-order chi connectivity index (χ1) is 18.0. The summed E-state index contributed by atoms with van der Waals surface area (Å²) in [4.78, 5) is 49.6. The minimum atomic E-state index is -3.83. The smallest absolute Gasteiger partial charge is 0.265 e. The highest BCUT2D eigenvalue weighted by atomic mass is 19.2. The van der Waals surface area contributed by atoms with Gasteiger partial charge >= 0.3 is 0 Å². The monoisotopic (exact) mass is 460 g/mol. The van der Waals surface area contributed by atoms with Gasteiger partial charge in [0.05, 0.1) is 16.6 Å². The largest absolute Gasteiger partial charge is 0.364 e. The minimum absolute atomic E-state index is 0.0984. The van der Waals surface area contributed by atoms with Crippen LogP contribution < -0.4 is 10.2 Å². The lowest BCUT2D eigenvalue weighted by Crippen LogP contribution is -2.54. The molecular weight excluding hydrogens is 429 g/mol. The van der Waals surface area contributed by atoms with Gasteiger partial charge in [-0.25, -0.2) is 13.2 Å². The summed E-state index contributed by atoms with van der Waals surface area (Å²) < 4.78 is 114. The van der Waals surface area contributed by atoms with Gasteiger partial charge in [-0.3, -0.25) is 34.3 Å². The van der Waals surface area contributed by atoms with Crippen LogP contribution in [0, 0.1) is 17.5 Å². The topological polar surface area (TPSA) is 90.0 Å². The number of piperazine rings is 1. The number of carbonyl (C=O) groups is 4. The van der Waals surface area contributed by atoms with Crippen molar-refractivity contribution in [1.29, 1.82) is 0 Å². The average Bonchev–Trinajstić information content (AvgIpc) is 3.03. The number of anilines is 1. The fourth-order valence-electron chi connectivity index (χ4n) is 3.49. The van der Waals surface area contributed by atoms with E-state index in [0.29, 0.717) is 0 Å². The van der Waals surface area contributed by atoms with Crippen molar-refractivity contribution in [2.24, 2.45) is 0 Å². The maximum Gasteiger partial charge on any atom is 0.265 e. The predicted octanol–water partition coefficient (Wildman–Crippen LogP) is 1.43. The third-order valence-corrected chi connectivity index (χ3v) is 5.13. The van der Waals surface area contributed by atoms with Crippen molar-refractivity contribution >= 4 is 29.3 Å². The molecule has 1 atom stereocenters. The average molecular weight is 460 g/mol. The lowest BCUT2D eigenvalue weighted by atomic mass is 10.0. The van der Waals surface area contributed by atoms with Crippen molar-refractivity contribution < 1.29 is 43.3 Å². The Balaban J connectivity index is 1.98. The fourth-order valence-corrected chi connectivity index (χ4v) is 3.49. The Hall–Kier alpha value is -2.95. The maximum atomic E-state index is 16.0. The molecule has 172 valence electrons. The van der Waals surface area contributed by atoms with Crippen molar-refractivity contribution in [1.82, 2.24) is 15.1 Å². The lowest BCUT2D eigenvalue weighted by molar-refractivity contribution is -0.136. The molecule has 11 heteroatoms. The molecule has 0 bridgehead atoms. The number of amides is 4. The number of hydrogen-bond acceptors (Lipinski definition) is 6. The summed E-state index contributed by atoms with van der Waals surface area (Å²) >= 11 is 0. The molecule has 0 aliphatic carbocycles. The molecule has 0 radical (unpaired) electrons. The van der Waals surface area contributed by atoms with Gasteiger partial charge < -0.3 is 4.90 Å². The van der Waals surface area contributed by atoms with Crippen LogP contribution >= 0.6 is 0 Å². The van der Waals surface area contributed by atoms with Gasteiger partial charge in [0.15, 0.2) is 17.5 Å². The number of piperidine rings is 1. The number of fused-ring (bicyclic) bond motifs is 1. The fraction of sp³-hybridized carbons (Fsp3) is 0.524. The van der Waals surface area contributed by atoms with Gasteiger partial charge in [-0.05, 0) is 27.2 Å². The summed E-state index contributed by atoms with van der Waals surface area (Å²) in [5.74, 6) is -12.0. The van der Waals surface area contributed by atoms with E-state index in [1.807, 2.05) is 5.32 Å². The predicted molar refractivity (Wildman–Crippen MR) is 107 cm³/mol. The van der Waals surface area contributed by atoms with E-state index < -0.39 is 107 Å². The standard InChI is InChI=1S/C21H23F3N4O4/c1-21(2,3)27-8-6-26(7-9-27)17-15(23)13-12(14(22)16(17)24)19(31)28(20(13)32)10-4-5-11(29)25-18(10)30/h10H,4-9H2,1-3H3,(H,25,29,30)/t10-/m1/s1/i6D2,7D2,8D2,9D2. The number of hydrogen-bond donors (Lipinski definition) is 1. The molecule has 4 amide bonds. The van der Waals surface area contributed by atoms with E-state index in [4.69, 9.17) is 11.0 Å². The highest BCUT2D eigenvalue weighted by molar-refractivity contribution is 6.24. The highest BCUT2D eigenvalue weighted by Crippen LogP contribution is 2.38. The van der Waals surface area contributed by atoms with E-state index in [9.17, 15) is 19.2 Å². The summed E-state index contributed by atoms with van der Waals surface area (Å²) in [7, 11) is 0. The van der Waals surface area contributed by atoms with E-state index in [-0.39, 0.29) is 16.2 Å². The highest BCUT2D eigenvalue weighted by Gasteiger charge is 2.49. The number of imide groups is 2. The summed E-state index contributed by atoms with van der Waals surface area (Å²) in [6.45, 7) is -11.0. The number of benzene rings is 1.